The molecule has 0 fully saturated rings. The topological polar surface area (TPSA) is 70.2 Å². The lowest BCUT2D eigenvalue weighted by atomic mass is 10.1. The number of halogens is 1. The number of carbonyl (C=O) groups is 2. The van der Waals surface area contributed by atoms with E-state index in [9.17, 15) is 9.59 Å². The van der Waals surface area contributed by atoms with Gasteiger partial charge in [-0.1, -0.05) is 31.9 Å². The van der Waals surface area contributed by atoms with Crippen LogP contribution in [0.3, 0.4) is 0 Å². The molecule has 0 heterocycles. The number of unbranched alkanes of at least 4 members (excludes halogenated alkanes) is 2. The number of thiocarbonyl (C=S) groups is 1. The molecule has 28 heavy (non-hydrogen) atoms. The van der Waals surface area contributed by atoms with Gasteiger partial charge in [0.15, 0.2) is 5.11 Å². The van der Waals surface area contributed by atoms with Gasteiger partial charge in [0.2, 0.25) is 5.91 Å². The highest BCUT2D eigenvalue weighted by Crippen LogP contribution is 2.16. The number of amides is 2. The average Bonchev–Trinajstić information content (AvgIpc) is 2.64. The lowest BCUT2D eigenvalue weighted by molar-refractivity contribution is -0.116. The summed E-state index contributed by atoms with van der Waals surface area (Å²) in [4.78, 5) is 24.3. The first-order valence-electron chi connectivity index (χ1n) is 9.17. The maximum absolute atomic E-state index is 12.3. The highest BCUT2D eigenvalue weighted by Gasteiger charge is 2.10. The molecule has 0 saturated heterocycles. The van der Waals surface area contributed by atoms with Crippen molar-refractivity contribution in [2.45, 2.75) is 39.5 Å². The molecule has 5 nitrogen and oxygen atoms in total. The van der Waals surface area contributed by atoms with Crippen LogP contribution in [-0.4, -0.2) is 16.9 Å². The summed E-state index contributed by atoms with van der Waals surface area (Å²) in [5.41, 5.74) is 3.04. The summed E-state index contributed by atoms with van der Waals surface area (Å²) >= 11 is 7.44. The number of hydrogen-bond acceptors (Lipinski definition) is 3. The van der Waals surface area contributed by atoms with Gasteiger partial charge in [0, 0.05) is 26.9 Å². The second kappa shape index (κ2) is 11.1. The van der Waals surface area contributed by atoms with Crippen LogP contribution < -0.4 is 16.0 Å². The average molecular weight is 509 g/mol. The maximum Gasteiger partial charge on any atom is 0.257 e. The van der Waals surface area contributed by atoms with Gasteiger partial charge in [-0.15, -0.1) is 0 Å². The number of nitrogens with one attached hydrogen (secondary N) is 3. The van der Waals surface area contributed by atoms with E-state index in [1.54, 1.807) is 12.1 Å². The number of anilines is 2. The van der Waals surface area contributed by atoms with E-state index < -0.39 is 0 Å². The second-order valence-electron chi connectivity index (χ2n) is 6.46. The summed E-state index contributed by atoms with van der Waals surface area (Å²) in [6.07, 6.45) is 3.52. The molecule has 0 bridgehead atoms. The van der Waals surface area contributed by atoms with Crippen LogP contribution in [0.4, 0.5) is 11.4 Å². The molecule has 0 aromatic heterocycles. The quantitative estimate of drug-likeness (QED) is 0.271. The minimum Gasteiger partial charge on any atom is -0.332 e. The number of carbonyl (C=O) groups excluding carboxylic acids is 2. The van der Waals surface area contributed by atoms with Crippen molar-refractivity contribution in [1.82, 2.24) is 5.32 Å². The van der Waals surface area contributed by atoms with Crippen LogP contribution in [0.25, 0.3) is 0 Å². The normalized spacial score (nSPS) is 10.2. The summed E-state index contributed by atoms with van der Waals surface area (Å²) in [7, 11) is 0. The van der Waals surface area contributed by atoms with Crippen LogP contribution in [0.15, 0.2) is 42.5 Å². The third-order valence-electron chi connectivity index (χ3n) is 4.07. The number of aryl methyl sites for hydroxylation is 1. The van der Waals surface area contributed by atoms with Gasteiger partial charge in [-0.25, -0.2) is 0 Å². The van der Waals surface area contributed by atoms with Crippen molar-refractivity contribution < 1.29 is 9.59 Å². The zero-order valence-electron chi connectivity index (χ0n) is 16.0. The van der Waals surface area contributed by atoms with Gasteiger partial charge in [-0.05, 0) is 84.0 Å². The molecule has 2 rings (SSSR count). The Balaban J connectivity index is 1.92. The van der Waals surface area contributed by atoms with Gasteiger partial charge in [0.25, 0.3) is 5.91 Å². The van der Waals surface area contributed by atoms with Crippen LogP contribution >= 0.6 is 34.8 Å². The van der Waals surface area contributed by atoms with E-state index >= 15 is 0 Å². The van der Waals surface area contributed by atoms with Crippen LogP contribution in [0.1, 0.15) is 48.5 Å². The molecule has 0 saturated carbocycles. The smallest absolute Gasteiger partial charge is 0.257 e. The zero-order valence-corrected chi connectivity index (χ0v) is 18.9. The molecule has 2 amide bonds. The first kappa shape index (κ1) is 22.3. The van der Waals surface area contributed by atoms with E-state index in [0.717, 1.165) is 28.4 Å². The molecule has 0 spiro atoms. The summed E-state index contributed by atoms with van der Waals surface area (Å²) in [5.74, 6) is -0.272. The monoisotopic (exact) mass is 509 g/mol. The minimum atomic E-state index is -0.268. The van der Waals surface area contributed by atoms with Crippen LogP contribution in [0.2, 0.25) is 0 Å². The molecule has 0 aliphatic carbocycles. The Hall–Kier alpha value is -2.00. The molecule has 0 unspecified atom stereocenters. The Labute approximate surface area is 184 Å². The third kappa shape index (κ3) is 7.20. The largest absolute Gasteiger partial charge is 0.332 e. The Kier molecular flexibility index (Phi) is 8.85. The Morgan fingerprint density at radius 2 is 1.75 bits per heavy atom. The van der Waals surface area contributed by atoms with E-state index in [1.807, 2.05) is 37.3 Å². The first-order valence-corrected chi connectivity index (χ1v) is 10.7. The first-order chi connectivity index (χ1) is 13.4. The Morgan fingerprint density at radius 1 is 1.04 bits per heavy atom. The molecule has 2 aromatic rings. The molecule has 0 aliphatic heterocycles. The van der Waals surface area contributed by atoms with Crippen molar-refractivity contribution in [1.29, 1.82) is 0 Å². The molecule has 148 valence electrons. The van der Waals surface area contributed by atoms with Crippen LogP contribution in [-0.2, 0) is 4.79 Å². The van der Waals surface area contributed by atoms with Crippen LogP contribution in [0, 0.1) is 10.5 Å². The number of hydrogen-bond donors (Lipinski definition) is 3. The van der Waals surface area contributed by atoms with Crippen LogP contribution in [0.5, 0.6) is 0 Å². The molecule has 0 radical (unpaired) electrons. The van der Waals surface area contributed by atoms with E-state index in [0.29, 0.717) is 23.4 Å². The highest BCUT2D eigenvalue weighted by molar-refractivity contribution is 14.1. The Bertz CT molecular complexity index is 870. The van der Waals surface area contributed by atoms with Crippen molar-refractivity contribution in [2.75, 3.05) is 10.6 Å². The molecule has 0 aliphatic rings. The number of rotatable bonds is 7. The van der Waals surface area contributed by atoms with Gasteiger partial charge < -0.3 is 10.6 Å². The summed E-state index contributed by atoms with van der Waals surface area (Å²) in [6.45, 7) is 4.10. The summed E-state index contributed by atoms with van der Waals surface area (Å²) in [5, 5.41) is 8.74. The molecular weight excluding hydrogens is 485 g/mol. The Morgan fingerprint density at radius 3 is 2.43 bits per heavy atom. The lowest BCUT2D eigenvalue weighted by Crippen LogP contribution is -2.34. The summed E-state index contributed by atoms with van der Waals surface area (Å²) < 4.78 is 1.02. The minimum absolute atomic E-state index is 0.00421. The molecule has 7 heteroatoms. The van der Waals surface area contributed by atoms with E-state index in [2.05, 4.69) is 45.5 Å². The molecular formula is C21H24IN3O2S. The number of benzene rings is 2. The van der Waals surface area contributed by atoms with Gasteiger partial charge in [-0.3, -0.25) is 14.9 Å². The standard InChI is InChI=1S/C21H24IN3O2S/c1-3-4-5-9-19(26)23-16-7-6-8-17(13-16)24-21(28)25-20(27)15-11-10-14(2)18(22)12-15/h6-8,10-13H,3-5,9H2,1-2H3,(H,23,26)(H2,24,25,27,28). The third-order valence-corrected chi connectivity index (χ3v) is 5.44. The fourth-order valence-electron chi connectivity index (χ4n) is 2.51. The van der Waals surface area contributed by atoms with Gasteiger partial charge in [0.1, 0.15) is 0 Å². The van der Waals surface area contributed by atoms with Gasteiger partial charge in [0.05, 0.1) is 0 Å². The zero-order chi connectivity index (χ0) is 20.5. The van der Waals surface area contributed by atoms with Gasteiger partial charge in [-0.2, -0.15) is 0 Å². The van der Waals surface area contributed by atoms with E-state index in [-0.39, 0.29) is 16.9 Å². The molecule has 3 N–H and O–H groups in total. The van der Waals surface area contributed by atoms with Crippen molar-refractivity contribution >= 4 is 63.1 Å². The fraction of sp³-hybridized carbons (Fsp3) is 0.286. The van der Waals surface area contributed by atoms with Gasteiger partial charge >= 0.3 is 0 Å². The maximum atomic E-state index is 12.3. The van der Waals surface area contributed by atoms with Crippen molar-refractivity contribution in [3.05, 3.63) is 57.2 Å². The highest BCUT2D eigenvalue weighted by atomic mass is 127. The SMILES string of the molecule is CCCCCC(=O)Nc1cccc(NC(=S)NC(=O)c2ccc(C)c(I)c2)c1. The molecule has 0 atom stereocenters. The van der Waals surface area contributed by atoms with Crippen molar-refractivity contribution in [2.24, 2.45) is 0 Å². The predicted molar refractivity (Wildman–Crippen MR) is 127 cm³/mol. The lowest BCUT2D eigenvalue weighted by Gasteiger charge is -2.12. The molecule has 2 aromatic carbocycles. The van der Waals surface area contributed by atoms with Crippen molar-refractivity contribution in [3.8, 4) is 0 Å². The van der Waals surface area contributed by atoms with E-state index in [4.69, 9.17) is 12.2 Å². The fourth-order valence-corrected chi connectivity index (χ4v) is 3.23. The predicted octanol–water partition coefficient (Wildman–Crippen LogP) is 5.25. The second-order valence-corrected chi connectivity index (χ2v) is 8.03. The van der Waals surface area contributed by atoms with Crippen molar-refractivity contribution in [3.63, 3.8) is 0 Å². The summed E-state index contributed by atoms with van der Waals surface area (Å²) in [6, 6.07) is 12.7. The van der Waals surface area contributed by atoms with E-state index in [1.165, 1.54) is 0 Å².